The lowest BCUT2D eigenvalue weighted by Gasteiger charge is -2.12. The molecule has 0 radical (unpaired) electrons. The van der Waals surface area contributed by atoms with Gasteiger partial charge in [-0.05, 0) is 19.3 Å². The number of thiazole rings is 1. The van der Waals surface area contributed by atoms with Gasteiger partial charge in [-0.15, -0.1) is 11.3 Å². The maximum Gasteiger partial charge on any atom is 0.0794 e. The predicted molar refractivity (Wildman–Crippen MR) is 46.7 cm³/mol. The highest BCUT2D eigenvalue weighted by Gasteiger charge is 2.09. The molecule has 1 heterocycles. The number of aliphatic hydroxyl groups is 1. The zero-order valence-electron chi connectivity index (χ0n) is 6.82. The van der Waals surface area contributed by atoms with Crippen molar-refractivity contribution in [1.82, 2.24) is 4.98 Å². The van der Waals surface area contributed by atoms with E-state index in [1.54, 1.807) is 11.3 Å². The number of nitrogens with zero attached hydrogens (tertiary/aromatic N) is 1. The minimum atomic E-state index is -0.225. The van der Waals surface area contributed by atoms with E-state index in [1.165, 1.54) is 4.88 Å². The van der Waals surface area contributed by atoms with E-state index < -0.39 is 0 Å². The third-order valence-corrected chi connectivity index (χ3v) is 2.63. The molecule has 11 heavy (non-hydrogen) atoms. The molecule has 0 saturated heterocycles. The summed E-state index contributed by atoms with van der Waals surface area (Å²) in [6.07, 6.45) is 2.57. The third-order valence-electron chi connectivity index (χ3n) is 1.83. The van der Waals surface area contributed by atoms with Gasteiger partial charge in [0.15, 0.2) is 0 Å². The first-order valence-corrected chi connectivity index (χ1v) is 4.63. The summed E-state index contributed by atoms with van der Waals surface area (Å²) in [6, 6.07) is 0. The Morgan fingerprint density at radius 1 is 1.64 bits per heavy atom. The fraction of sp³-hybridized carbons (Fsp3) is 0.625. The predicted octanol–water partition coefficient (Wildman–Crippen LogP) is 1.70. The highest BCUT2D eigenvalue weighted by molar-refractivity contribution is 7.09. The van der Waals surface area contributed by atoms with Crippen LogP contribution in [0.4, 0.5) is 0 Å². The van der Waals surface area contributed by atoms with Gasteiger partial charge in [0.05, 0.1) is 11.6 Å². The molecule has 0 aliphatic rings. The molecule has 0 aliphatic carbocycles. The molecule has 2 nitrogen and oxygen atoms in total. The van der Waals surface area contributed by atoms with Crippen molar-refractivity contribution in [1.29, 1.82) is 0 Å². The van der Waals surface area contributed by atoms with Gasteiger partial charge in [0.1, 0.15) is 0 Å². The summed E-state index contributed by atoms with van der Waals surface area (Å²) in [4.78, 5) is 5.22. The second-order valence-corrected chi connectivity index (χ2v) is 3.86. The molecule has 1 aromatic rings. The Hall–Kier alpha value is -0.410. The largest absolute Gasteiger partial charge is 0.393 e. The van der Waals surface area contributed by atoms with E-state index in [0.717, 1.165) is 6.42 Å². The Balaban J connectivity index is 2.43. The number of aromatic nitrogens is 1. The molecule has 3 heteroatoms. The minimum absolute atomic E-state index is 0.225. The summed E-state index contributed by atoms with van der Waals surface area (Å²) in [5.41, 5.74) is 1.82. The second-order valence-electron chi connectivity index (χ2n) is 2.89. The summed E-state index contributed by atoms with van der Waals surface area (Å²) < 4.78 is 0. The monoisotopic (exact) mass is 171 g/mol. The van der Waals surface area contributed by atoms with Crippen LogP contribution in [-0.4, -0.2) is 16.2 Å². The Morgan fingerprint density at radius 2 is 2.36 bits per heavy atom. The van der Waals surface area contributed by atoms with Crippen molar-refractivity contribution in [3.8, 4) is 0 Å². The second kappa shape index (κ2) is 3.83. The molecule has 62 valence electrons. The Kier molecular flexibility index (Phi) is 3.02. The molecular weight excluding hydrogens is 158 g/mol. The number of hydrogen-bond acceptors (Lipinski definition) is 3. The van der Waals surface area contributed by atoms with Crippen LogP contribution in [0.25, 0.3) is 0 Å². The standard InChI is InChI=1S/C8H13NOS/c1-6(7(2)10)3-8-4-9-5-11-8/h4-7,10H,3H2,1-2H3. The zero-order chi connectivity index (χ0) is 8.27. The van der Waals surface area contributed by atoms with Crippen molar-refractivity contribution in [3.63, 3.8) is 0 Å². The van der Waals surface area contributed by atoms with Gasteiger partial charge in [-0.3, -0.25) is 4.98 Å². The zero-order valence-corrected chi connectivity index (χ0v) is 7.64. The quantitative estimate of drug-likeness (QED) is 0.751. The van der Waals surface area contributed by atoms with Crippen LogP contribution in [-0.2, 0) is 6.42 Å². The summed E-state index contributed by atoms with van der Waals surface area (Å²) in [7, 11) is 0. The molecule has 2 atom stereocenters. The maximum absolute atomic E-state index is 9.20. The molecule has 0 aliphatic heterocycles. The molecule has 1 rings (SSSR count). The summed E-state index contributed by atoms with van der Waals surface area (Å²) >= 11 is 1.65. The van der Waals surface area contributed by atoms with E-state index >= 15 is 0 Å². The van der Waals surface area contributed by atoms with E-state index in [1.807, 2.05) is 25.6 Å². The van der Waals surface area contributed by atoms with Gasteiger partial charge in [-0.25, -0.2) is 0 Å². The van der Waals surface area contributed by atoms with E-state index in [4.69, 9.17) is 0 Å². The van der Waals surface area contributed by atoms with Gasteiger partial charge in [0.25, 0.3) is 0 Å². The van der Waals surface area contributed by atoms with Crippen LogP contribution < -0.4 is 0 Å². The molecule has 0 spiro atoms. The molecule has 1 aromatic heterocycles. The molecule has 0 amide bonds. The van der Waals surface area contributed by atoms with E-state index in [-0.39, 0.29) is 6.10 Å². The van der Waals surface area contributed by atoms with Gasteiger partial charge < -0.3 is 5.11 Å². The van der Waals surface area contributed by atoms with Gasteiger partial charge in [0.2, 0.25) is 0 Å². The van der Waals surface area contributed by atoms with Gasteiger partial charge in [-0.1, -0.05) is 6.92 Å². The van der Waals surface area contributed by atoms with E-state index in [9.17, 15) is 5.11 Å². The number of hydrogen-bond donors (Lipinski definition) is 1. The van der Waals surface area contributed by atoms with Gasteiger partial charge in [-0.2, -0.15) is 0 Å². The normalized spacial score (nSPS) is 16.3. The Morgan fingerprint density at radius 3 is 2.82 bits per heavy atom. The summed E-state index contributed by atoms with van der Waals surface area (Å²) in [5.74, 6) is 0.329. The van der Waals surface area contributed by atoms with Crippen molar-refractivity contribution >= 4 is 11.3 Å². The maximum atomic E-state index is 9.20. The third kappa shape index (κ3) is 2.60. The Labute approximate surface area is 70.9 Å². The molecule has 2 unspecified atom stereocenters. The van der Waals surface area contributed by atoms with Crippen molar-refractivity contribution in [3.05, 3.63) is 16.6 Å². The minimum Gasteiger partial charge on any atom is -0.393 e. The van der Waals surface area contributed by atoms with E-state index in [0.29, 0.717) is 5.92 Å². The van der Waals surface area contributed by atoms with Crippen LogP contribution in [0.3, 0.4) is 0 Å². The number of aliphatic hydroxyl groups excluding tert-OH is 1. The van der Waals surface area contributed by atoms with Crippen LogP contribution in [0.15, 0.2) is 11.7 Å². The van der Waals surface area contributed by atoms with Crippen molar-refractivity contribution in [2.24, 2.45) is 5.92 Å². The fourth-order valence-corrected chi connectivity index (χ4v) is 1.57. The van der Waals surface area contributed by atoms with Crippen LogP contribution >= 0.6 is 11.3 Å². The van der Waals surface area contributed by atoms with Crippen molar-refractivity contribution in [2.75, 3.05) is 0 Å². The van der Waals surface area contributed by atoms with Gasteiger partial charge in [0, 0.05) is 11.1 Å². The molecule has 0 aromatic carbocycles. The SMILES string of the molecule is CC(O)C(C)Cc1cncs1. The average Bonchev–Trinajstić information content (AvgIpc) is 2.39. The van der Waals surface area contributed by atoms with Gasteiger partial charge >= 0.3 is 0 Å². The topological polar surface area (TPSA) is 33.1 Å². The molecule has 0 fully saturated rings. The molecular formula is C8H13NOS. The fourth-order valence-electron chi connectivity index (χ4n) is 0.831. The van der Waals surface area contributed by atoms with Crippen LogP contribution in [0.1, 0.15) is 18.7 Å². The highest BCUT2D eigenvalue weighted by atomic mass is 32.1. The van der Waals surface area contributed by atoms with Crippen molar-refractivity contribution < 1.29 is 5.11 Å². The van der Waals surface area contributed by atoms with Crippen molar-refractivity contribution in [2.45, 2.75) is 26.4 Å². The molecule has 1 N–H and O–H groups in total. The average molecular weight is 171 g/mol. The van der Waals surface area contributed by atoms with Crippen LogP contribution in [0, 0.1) is 5.92 Å². The summed E-state index contributed by atoms with van der Waals surface area (Å²) in [5, 5.41) is 9.20. The van der Waals surface area contributed by atoms with E-state index in [2.05, 4.69) is 4.98 Å². The van der Waals surface area contributed by atoms with Crippen LogP contribution in [0.5, 0.6) is 0 Å². The lowest BCUT2D eigenvalue weighted by molar-refractivity contribution is 0.135. The smallest absolute Gasteiger partial charge is 0.0794 e. The summed E-state index contributed by atoms with van der Waals surface area (Å²) in [6.45, 7) is 3.87. The first-order chi connectivity index (χ1) is 5.20. The first kappa shape index (κ1) is 8.68. The number of rotatable bonds is 3. The molecule has 0 bridgehead atoms. The lowest BCUT2D eigenvalue weighted by atomic mass is 10.0. The van der Waals surface area contributed by atoms with Crippen LogP contribution in [0.2, 0.25) is 0 Å². The lowest BCUT2D eigenvalue weighted by Crippen LogP contribution is -2.14. The highest BCUT2D eigenvalue weighted by Crippen LogP contribution is 2.14. The molecule has 0 saturated carbocycles. The first-order valence-electron chi connectivity index (χ1n) is 3.75. The Bertz CT molecular complexity index is 196.